The molecule has 4 heteroatoms. The zero-order chi connectivity index (χ0) is 13.7. The second-order valence-corrected chi connectivity index (χ2v) is 5.96. The Hall–Kier alpha value is -0.580. The number of nitrogens with one attached hydrogen (secondary N) is 1. The predicted molar refractivity (Wildman–Crippen MR) is 83.8 cm³/mol. The van der Waals surface area contributed by atoms with E-state index in [2.05, 4.69) is 51.4 Å². The Kier molecular flexibility index (Phi) is 5.67. The van der Waals surface area contributed by atoms with Crippen molar-refractivity contribution < 1.29 is 4.74 Å². The van der Waals surface area contributed by atoms with Gasteiger partial charge in [0.2, 0.25) is 0 Å². The van der Waals surface area contributed by atoms with Gasteiger partial charge in [-0.2, -0.15) is 0 Å². The van der Waals surface area contributed by atoms with E-state index in [1.165, 1.54) is 24.1 Å². The van der Waals surface area contributed by atoms with Crippen LogP contribution in [0.5, 0.6) is 0 Å². The van der Waals surface area contributed by atoms with Crippen LogP contribution in [0, 0.1) is 0 Å². The van der Waals surface area contributed by atoms with Gasteiger partial charge in [-0.25, -0.2) is 0 Å². The van der Waals surface area contributed by atoms with Gasteiger partial charge in [0.1, 0.15) is 0 Å². The lowest BCUT2D eigenvalue weighted by atomic mass is 10.1. The Morgan fingerprint density at radius 1 is 1.42 bits per heavy atom. The summed E-state index contributed by atoms with van der Waals surface area (Å²) >= 11 is 3.56. The largest absolute Gasteiger partial charge is 0.380 e. The van der Waals surface area contributed by atoms with Crippen LogP contribution in [0.4, 0.5) is 5.69 Å². The SMILES string of the molecule is CCOCCN(C)c1cc(Br)ccc1CNC1CC1. The molecule has 0 saturated heterocycles. The summed E-state index contributed by atoms with van der Waals surface area (Å²) in [5.74, 6) is 0. The van der Waals surface area contributed by atoms with Crippen LogP contribution in [0.1, 0.15) is 25.3 Å². The quantitative estimate of drug-likeness (QED) is 0.742. The van der Waals surface area contributed by atoms with Gasteiger partial charge >= 0.3 is 0 Å². The molecule has 0 heterocycles. The number of hydrogen-bond acceptors (Lipinski definition) is 3. The van der Waals surface area contributed by atoms with Crippen LogP contribution < -0.4 is 10.2 Å². The molecule has 19 heavy (non-hydrogen) atoms. The number of rotatable bonds is 8. The summed E-state index contributed by atoms with van der Waals surface area (Å²) in [5, 5.41) is 3.58. The summed E-state index contributed by atoms with van der Waals surface area (Å²) in [7, 11) is 2.13. The van der Waals surface area contributed by atoms with Gasteiger partial charge in [-0.15, -0.1) is 0 Å². The van der Waals surface area contributed by atoms with Crippen LogP contribution >= 0.6 is 15.9 Å². The minimum absolute atomic E-state index is 0.741. The van der Waals surface area contributed by atoms with E-state index < -0.39 is 0 Å². The molecule has 1 N–H and O–H groups in total. The van der Waals surface area contributed by atoms with E-state index in [0.29, 0.717) is 0 Å². The number of likely N-dealkylation sites (N-methyl/N-ethyl adjacent to an activating group) is 1. The highest BCUT2D eigenvalue weighted by Crippen LogP contribution is 2.26. The topological polar surface area (TPSA) is 24.5 Å². The molecular weight excluding hydrogens is 304 g/mol. The molecular formula is C15H23BrN2O. The predicted octanol–water partition coefficient (Wildman–Crippen LogP) is 3.17. The molecule has 0 aliphatic heterocycles. The molecule has 106 valence electrons. The molecule has 0 aromatic heterocycles. The molecule has 1 aromatic carbocycles. The Labute approximate surface area is 124 Å². The van der Waals surface area contributed by atoms with E-state index >= 15 is 0 Å². The molecule has 3 nitrogen and oxygen atoms in total. The number of nitrogens with zero attached hydrogens (tertiary/aromatic N) is 1. The van der Waals surface area contributed by atoms with Crippen LogP contribution in [0.15, 0.2) is 22.7 Å². The molecule has 0 atom stereocenters. The summed E-state index contributed by atoms with van der Waals surface area (Å²) in [5.41, 5.74) is 2.64. The Morgan fingerprint density at radius 3 is 2.89 bits per heavy atom. The molecule has 1 fully saturated rings. The van der Waals surface area contributed by atoms with E-state index in [-0.39, 0.29) is 0 Å². The fourth-order valence-corrected chi connectivity index (χ4v) is 2.40. The molecule has 0 amide bonds. The van der Waals surface area contributed by atoms with Crippen LogP contribution in [-0.2, 0) is 11.3 Å². The third-order valence-electron chi connectivity index (χ3n) is 3.39. The van der Waals surface area contributed by atoms with Crippen LogP contribution in [0.3, 0.4) is 0 Å². The Bertz CT molecular complexity index is 407. The third kappa shape index (κ3) is 4.79. The molecule has 1 saturated carbocycles. The van der Waals surface area contributed by atoms with Crippen molar-refractivity contribution in [1.29, 1.82) is 0 Å². The number of benzene rings is 1. The van der Waals surface area contributed by atoms with Gasteiger partial charge in [0, 0.05) is 42.9 Å². The second-order valence-electron chi connectivity index (χ2n) is 5.05. The second kappa shape index (κ2) is 7.27. The fraction of sp³-hybridized carbons (Fsp3) is 0.600. The van der Waals surface area contributed by atoms with Crippen molar-refractivity contribution in [3.8, 4) is 0 Å². The van der Waals surface area contributed by atoms with E-state index in [9.17, 15) is 0 Å². The molecule has 1 aliphatic rings. The van der Waals surface area contributed by atoms with Crippen molar-refractivity contribution in [1.82, 2.24) is 5.32 Å². The Morgan fingerprint density at radius 2 is 2.21 bits per heavy atom. The lowest BCUT2D eigenvalue weighted by Gasteiger charge is -2.23. The monoisotopic (exact) mass is 326 g/mol. The average molecular weight is 327 g/mol. The van der Waals surface area contributed by atoms with Crippen molar-refractivity contribution in [2.45, 2.75) is 32.4 Å². The zero-order valence-corrected chi connectivity index (χ0v) is 13.4. The van der Waals surface area contributed by atoms with Gasteiger partial charge in [0.15, 0.2) is 0 Å². The van der Waals surface area contributed by atoms with Crippen molar-refractivity contribution >= 4 is 21.6 Å². The first-order valence-corrected chi connectivity index (χ1v) is 7.80. The number of ether oxygens (including phenoxy) is 1. The fourth-order valence-electron chi connectivity index (χ4n) is 2.05. The molecule has 0 spiro atoms. The van der Waals surface area contributed by atoms with Crippen molar-refractivity contribution in [3.05, 3.63) is 28.2 Å². The van der Waals surface area contributed by atoms with Crippen molar-refractivity contribution in [3.63, 3.8) is 0 Å². The molecule has 0 radical (unpaired) electrons. The number of hydrogen-bond donors (Lipinski definition) is 1. The van der Waals surface area contributed by atoms with Crippen molar-refractivity contribution in [2.75, 3.05) is 31.7 Å². The van der Waals surface area contributed by atoms with Gasteiger partial charge < -0.3 is 15.0 Å². The van der Waals surface area contributed by atoms with Gasteiger partial charge in [0.25, 0.3) is 0 Å². The normalized spacial score (nSPS) is 14.7. The maximum absolute atomic E-state index is 5.43. The van der Waals surface area contributed by atoms with E-state index in [1.807, 2.05) is 6.92 Å². The summed E-state index contributed by atoms with van der Waals surface area (Å²) in [6.07, 6.45) is 2.65. The van der Waals surface area contributed by atoms with E-state index in [0.717, 1.165) is 36.8 Å². The first kappa shape index (κ1) is 14.8. The molecule has 0 unspecified atom stereocenters. The maximum Gasteiger partial charge on any atom is 0.0641 e. The minimum atomic E-state index is 0.741. The molecule has 2 rings (SSSR count). The highest BCUT2D eigenvalue weighted by Gasteiger charge is 2.20. The summed E-state index contributed by atoms with van der Waals surface area (Å²) < 4.78 is 6.56. The van der Waals surface area contributed by atoms with Crippen LogP contribution in [0.25, 0.3) is 0 Å². The summed E-state index contributed by atoms with van der Waals surface area (Å²) in [6, 6.07) is 7.25. The standard InChI is InChI=1S/C15H23BrN2O/c1-3-19-9-8-18(2)15-10-13(16)5-4-12(15)11-17-14-6-7-14/h4-5,10,14,17H,3,6-9,11H2,1-2H3. The molecule has 1 aromatic rings. The summed E-state index contributed by atoms with van der Waals surface area (Å²) in [4.78, 5) is 2.27. The van der Waals surface area contributed by atoms with E-state index in [4.69, 9.17) is 4.74 Å². The van der Waals surface area contributed by atoms with Gasteiger partial charge in [-0.3, -0.25) is 0 Å². The lowest BCUT2D eigenvalue weighted by molar-refractivity contribution is 0.154. The number of halogens is 1. The molecule has 0 bridgehead atoms. The van der Waals surface area contributed by atoms with Gasteiger partial charge in [-0.05, 0) is 37.5 Å². The third-order valence-corrected chi connectivity index (χ3v) is 3.89. The minimum Gasteiger partial charge on any atom is -0.380 e. The van der Waals surface area contributed by atoms with E-state index in [1.54, 1.807) is 0 Å². The Balaban J connectivity index is 1.99. The zero-order valence-electron chi connectivity index (χ0n) is 11.8. The van der Waals surface area contributed by atoms with Gasteiger partial charge in [-0.1, -0.05) is 22.0 Å². The first-order valence-electron chi connectivity index (χ1n) is 7.01. The smallest absolute Gasteiger partial charge is 0.0641 e. The lowest BCUT2D eigenvalue weighted by Crippen LogP contribution is -2.25. The van der Waals surface area contributed by atoms with Gasteiger partial charge in [0.05, 0.1) is 6.61 Å². The summed E-state index contributed by atoms with van der Waals surface area (Å²) in [6.45, 7) is 5.45. The van der Waals surface area contributed by atoms with Crippen molar-refractivity contribution in [2.24, 2.45) is 0 Å². The first-order chi connectivity index (χ1) is 9.20. The average Bonchev–Trinajstić information content (AvgIpc) is 3.21. The highest BCUT2D eigenvalue weighted by atomic mass is 79.9. The van der Waals surface area contributed by atoms with Crippen LogP contribution in [-0.4, -0.2) is 32.8 Å². The maximum atomic E-state index is 5.43. The molecule has 1 aliphatic carbocycles. The number of anilines is 1. The highest BCUT2D eigenvalue weighted by molar-refractivity contribution is 9.10. The van der Waals surface area contributed by atoms with Crippen LogP contribution in [0.2, 0.25) is 0 Å².